The lowest BCUT2D eigenvalue weighted by Gasteiger charge is -2.27. The van der Waals surface area contributed by atoms with Gasteiger partial charge in [-0.25, -0.2) is 8.42 Å². The number of carbonyl (C=O) groups excluding carboxylic acids is 1. The van der Waals surface area contributed by atoms with Gasteiger partial charge in [0.1, 0.15) is 0 Å². The highest BCUT2D eigenvalue weighted by Gasteiger charge is 2.19. The molecule has 1 aromatic rings. The second-order valence-corrected chi connectivity index (χ2v) is 6.77. The zero-order chi connectivity index (χ0) is 14.8. The number of nitrogens with one attached hydrogen (secondary N) is 2. The molecule has 0 spiro atoms. The lowest BCUT2D eigenvalue weighted by atomic mass is 10.1. The molecule has 1 aliphatic heterocycles. The van der Waals surface area contributed by atoms with Crippen molar-refractivity contribution in [3.05, 3.63) is 28.8 Å². The average molecular weight is 354 g/mol. The fourth-order valence-electron chi connectivity index (χ4n) is 1.99. The lowest BCUT2D eigenvalue weighted by molar-refractivity contribution is 0.0736. The number of carbonyl (C=O) groups is 1. The van der Waals surface area contributed by atoms with Gasteiger partial charge in [-0.05, 0) is 18.2 Å². The molecule has 0 aliphatic carbocycles. The first-order valence-electron chi connectivity index (χ1n) is 6.14. The minimum Gasteiger partial charge on any atom is -0.336 e. The second-order valence-electron chi connectivity index (χ2n) is 4.61. The molecule has 1 fully saturated rings. The largest absolute Gasteiger partial charge is 0.336 e. The van der Waals surface area contributed by atoms with E-state index in [1.807, 2.05) is 0 Å². The highest BCUT2D eigenvalue weighted by Crippen LogP contribution is 2.24. The summed E-state index contributed by atoms with van der Waals surface area (Å²) in [6.45, 7) is 2.79. The number of benzene rings is 1. The molecule has 2 rings (SSSR count). The Kier molecular flexibility index (Phi) is 6.27. The number of hydrogen-bond donors (Lipinski definition) is 2. The van der Waals surface area contributed by atoms with Crippen molar-refractivity contribution < 1.29 is 13.2 Å². The van der Waals surface area contributed by atoms with Gasteiger partial charge in [-0.1, -0.05) is 11.6 Å². The van der Waals surface area contributed by atoms with Crippen molar-refractivity contribution in [2.75, 3.05) is 37.2 Å². The number of piperazine rings is 1. The monoisotopic (exact) mass is 353 g/mol. The Morgan fingerprint density at radius 1 is 1.33 bits per heavy atom. The van der Waals surface area contributed by atoms with Crippen LogP contribution < -0.4 is 10.0 Å². The summed E-state index contributed by atoms with van der Waals surface area (Å²) < 4.78 is 24.8. The Morgan fingerprint density at radius 2 is 1.95 bits per heavy atom. The SMILES string of the molecule is CS(=O)(=O)Nc1cc(C(=O)N2CCNCC2)ccc1Cl.Cl. The zero-order valence-corrected chi connectivity index (χ0v) is 13.8. The molecule has 1 amide bonds. The molecule has 6 nitrogen and oxygen atoms in total. The molecule has 0 bridgehead atoms. The van der Waals surface area contributed by atoms with Crippen LogP contribution in [0.1, 0.15) is 10.4 Å². The Morgan fingerprint density at radius 3 is 2.52 bits per heavy atom. The summed E-state index contributed by atoms with van der Waals surface area (Å²) in [6, 6.07) is 4.58. The minimum absolute atomic E-state index is 0. The van der Waals surface area contributed by atoms with E-state index < -0.39 is 10.0 Å². The highest BCUT2D eigenvalue weighted by molar-refractivity contribution is 7.92. The molecule has 1 aliphatic rings. The van der Waals surface area contributed by atoms with Gasteiger partial charge in [-0.15, -0.1) is 12.4 Å². The van der Waals surface area contributed by atoms with Crippen LogP contribution in [0, 0.1) is 0 Å². The lowest BCUT2D eigenvalue weighted by Crippen LogP contribution is -2.46. The predicted molar refractivity (Wildman–Crippen MR) is 85.9 cm³/mol. The number of hydrogen-bond acceptors (Lipinski definition) is 4. The molecular weight excluding hydrogens is 337 g/mol. The van der Waals surface area contributed by atoms with Crippen LogP contribution in [0.15, 0.2) is 18.2 Å². The van der Waals surface area contributed by atoms with Gasteiger partial charge < -0.3 is 10.2 Å². The molecule has 21 heavy (non-hydrogen) atoms. The van der Waals surface area contributed by atoms with Crippen LogP contribution in [-0.2, 0) is 10.0 Å². The fraction of sp³-hybridized carbons (Fsp3) is 0.417. The van der Waals surface area contributed by atoms with E-state index in [9.17, 15) is 13.2 Å². The molecule has 0 atom stereocenters. The third kappa shape index (κ3) is 5.03. The Labute approximate surface area is 135 Å². The van der Waals surface area contributed by atoms with Crippen molar-refractivity contribution in [3.8, 4) is 0 Å². The van der Waals surface area contributed by atoms with E-state index >= 15 is 0 Å². The number of nitrogens with zero attached hydrogens (tertiary/aromatic N) is 1. The summed E-state index contributed by atoms with van der Waals surface area (Å²) in [5.74, 6) is -0.125. The Balaban J connectivity index is 0.00000220. The third-order valence-corrected chi connectivity index (χ3v) is 3.83. The normalized spacial score (nSPS) is 15.2. The van der Waals surface area contributed by atoms with E-state index in [-0.39, 0.29) is 29.0 Å². The smallest absolute Gasteiger partial charge is 0.254 e. The van der Waals surface area contributed by atoms with Gasteiger partial charge in [-0.3, -0.25) is 9.52 Å². The van der Waals surface area contributed by atoms with Crippen LogP contribution in [0.25, 0.3) is 0 Å². The molecule has 2 N–H and O–H groups in total. The van der Waals surface area contributed by atoms with E-state index in [2.05, 4.69) is 10.0 Å². The first-order valence-corrected chi connectivity index (χ1v) is 8.41. The predicted octanol–water partition coefficient (Wildman–Crippen LogP) is 1.18. The standard InChI is InChI=1S/C12H16ClN3O3S.ClH/c1-20(18,19)15-11-8-9(2-3-10(11)13)12(17)16-6-4-14-5-7-16;/h2-3,8,14-15H,4-7H2,1H3;1H. The van der Waals surface area contributed by atoms with Crippen LogP contribution in [0.5, 0.6) is 0 Å². The van der Waals surface area contributed by atoms with Gasteiger partial charge in [-0.2, -0.15) is 0 Å². The van der Waals surface area contributed by atoms with Crippen molar-refractivity contribution >= 4 is 45.6 Å². The maximum atomic E-state index is 12.3. The molecule has 0 saturated carbocycles. The molecule has 9 heteroatoms. The van der Waals surface area contributed by atoms with Crippen LogP contribution >= 0.6 is 24.0 Å². The van der Waals surface area contributed by atoms with Crippen molar-refractivity contribution in [1.29, 1.82) is 0 Å². The zero-order valence-electron chi connectivity index (χ0n) is 11.4. The van der Waals surface area contributed by atoms with Gasteiger partial charge in [0.2, 0.25) is 10.0 Å². The van der Waals surface area contributed by atoms with Gasteiger partial charge in [0.25, 0.3) is 5.91 Å². The molecule has 118 valence electrons. The third-order valence-electron chi connectivity index (χ3n) is 2.91. The summed E-state index contributed by atoms with van der Waals surface area (Å²) in [7, 11) is -3.44. The van der Waals surface area contributed by atoms with Crippen LogP contribution in [0.3, 0.4) is 0 Å². The van der Waals surface area contributed by atoms with Crippen LogP contribution in [-0.4, -0.2) is 51.7 Å². The summed E-state index contributed by atoms with van der Waals surface area (Å²) in [5.41, 5.74) is 0.637. The number of rotatable bonds is 3. The maximum absolute atomic E-state index is 12.3. The van der Waals surface area contributed by atoms with Crippen molar-refractivity contribution in [2.24, 2.45) is 0 Å². The molecule has 1 saturated heterocycles. The first kappa shape index (κ1) is 18.0. The van der Waals surface area contributed by atoms with Crippen LogP contribution in [0.4, 0.5) is 5.69 Å². The molecule has 0 unspecified atom stereocenters. The van der Waals surface area contributed by atoms with Crippen molar-refractivity contribution in [2.45, 2.75) is 0 Å². The number of sulfonamides is 1. The minimum atomic E-state index is -3.44. The van der Waals surface area contributed by atoms with Gasteiger partial charge >= 0.3 is 0 Å². The maximum Gasteiger partial charge on any atom is 0.254 e. The number of halogens is 2. The van der Waals surface area contributed by atoms with E-state index in [4.69, 9.17) is 11.6 Å². The second kappa shape index (κ2) is 7.31. The first-order chi connectivity index (χ1) is 9.37. The van der Waals surface area contributed by atoms with E-state index in [1.165, 1.54) is 12.1 Å². The molecular formula is C12H17Cl2N3O3S. The molecule has 0 aromatic heterocycles. The molecule has 1 heterocycles. The van der Waals surface area contributed by atoms with Gasteiger partial charge in [0.05, 0.1) is 17.0 Å². The number of amides is 1. The summed E-state index contributed by atoms with van der Waals surface area (Å²) in [4.78, 5) is 14.0. The van der Waals surface area contributed by atoms with E-state index in [0.29, 0.717) is 18.7 Å². The molecule has 0 radical (unpaired) electrons. The Hall–Kier alpha value is -1.02. The highest BCUT2D eigenvalue weighted by atomic mass is 35.5. The summed E-state index contributed by atoms with van der Waals surface area (Å²) in [6.07, 6.45) is 1.04. The van der Waals surface area contributed by atoms with Crippen molar-refractivity contribution in [3.63, 3.8) is 0 Å². The van der Waals surface area contributed by atoms with Crippen LogP contribution in [0.2, 0.25) is 5.02 Å². The van der Waals surface area contributed by atoms with Crippen molar-refractivity contribution in [1.82, 2.24) is 10.2 Å². The summed E-state index contributed by atoms with van der Waals surface area (Å²) in [5, 5.41) is 3.42. The van der Waals surface area contributed by atoms with Gasteiger partial charge in [0, 0.05) is 31.7 Å². The van der Waals surface area contributed by atoms with E-state index in [0.717, 1.165) is 19.3 Å². The fourth-order valence-corrected chi connectivity index (χ4v) is 2.78. The Bertz CT molecular complexity index is 616. The number of anilines is 1. The quantitative estimate of drug-likeness (QED) is 0.855. The topological polar surface area (TPSA) is 78.5 Å². The molecule has 1 aromatic carbocycles. The van der Waals surface area contributed by atoms with E-state index in [1.54, 1.807) is 11.0 Å². The summed E-state index contributed by atoms with van der Waals surface area (Å²) >= 11 is 5.93. The van der Waals surface area contributed by atoms with Gasteiger partial charge in [0.15, 0.2) is 0 Å². The average Bonchev–Trinajstić information content (AvgIpc) is 2.40.